The van der Waals surface area contributed by atoms with Crippen molar-refractivity contribution < 1.29 is 19.1 Å². The van der Waals surface area contributed by atoms with E-state index in [1.807, 2.05) is 30.3 Å². The summed E-state index contributed by atoms with van der Waals surface area (Å²) in [6, 6.07) is 22.5. The molecule has 164 valence electrons. The van der Waals surface area contributed by atoms with Gasteiger partial charge in [-0.3, -0.25) is 14.5 Å². The van der Waals surface area contributed by atoms with Gasteiger partial charge in [0.2, 0.25) is 0 Å². The number of imide groups is 1. The summed E-state index contributed by atoms with van der Waals surface area (Å²) < 4.78 is 5.15. The SMILES string of the molecule is COc1ccc(CCN(C)C(=O)N(C)C(=O)c2ccc(C(=O)c3ccccc3)cc2)cc1. The summed E-state index contributed by atoms with van der Waals surface area (Å²) in [4.78, 5) is 40.6. The van der Waals surface area contributed by atoms with E-state index in [9.17, 15) is 14.4 Å². The number of hydrogen-bond donors (Lipinski definition) is 0. The Balaban J connectivity index is 1.59. The fourth-order valence-corrected chi connectivity index (χ4v) is 3.24. The number of benzene rings is 3. The maximum Gasteiger partial charge on any atom is 0.326 e. The summed E-state index contributed by atoms with van der Waals surface area (Å²) in [6.07, 6.45) is 0.657. The van der Waals surface area contributed by atoms with Gasteiger partial charge < -0.3 is 9.64 Å². The second-order valence-corrected chi connectivity index (χ2v) is 7.44. The van der Waals surface area contributed by atoms with Crippen LogP contribution >= 0.6 is 0 Å². The molecule has 6 heteroatoms. The molecule has 0 atom stereocenters. The molecule has 0 N–H and O–H groups in total. The van der Waals surface area contributed by atoms with Crippen molar-refractivity contribution in [3.63, 3.8) is 0 Å². The largest absolute Gasteiger partial charge is 0.497 e. The number of ketones is 1. The average molecular weight is 431 g/mol. The van der Waals surface area contributed by atoms with E-state index in [4.69, 9.17) is 4.74 Å². The van der Waals surface area contributed by atoms with Crippen LogP contribution in [0.25, 0.3) is 0 Å². The zero-order chi connectivity index (χ0) is 23.1. The number of methoxy groups -OCH3 is 1. The normalized spacial score (nSPS) is 10.3. The molecule has 0 saturated carbocycles. The summed E-state index contributed by atoms with van der Waals surface area (Å²) in [5.41, 5.74) is 2.47. The maximum atomic E-state index is 12.8. The van der Waals surface area contributed by atoms with Crippen molar-refractivity contribution in [3.8, 4) is 5.75 Å². The predicted octanol–water partition coefficient (Wildman–Crippen LogP) is 4.29. The Morgan fingerprint density at radius 2 is 1.31 bits per heavy atom. The lowest BCUT2D eigenvalue weighted by atomic mass is 10.0. The highest BCUT2D eigenvalue weighted by molar-refractivity contribution is 6.10. The van der Waals surface area contributed by atoms with Crippen molar-refractivity contribution in [1.82, 2.24) is 9.80 Å². The van der Waals surface area contributed by atoms with E-state index in [0.29, 0.717) is 29.7 Å². The van der Waals surface area contributed by atoms with Gasteiger partial charge in [0, 0.05) is 37.3 Å². The van der Waals surface area contributed by atoms with Crippen LogP contribution < -0.4 is 4.74 Å². The molecule has 0 bridgehead atoms. The Bertz CT molecular complexity index is 1080. The first-order valence-electron chi connectivity index (χ1n) is 10.3. The molecular formula is C26H26N2O4. The van der Waals surface area contributed by atoms with Crippen LogP contribution in [-0.4, -0.2) is 55.3 Å². The van der Waals surface area contributed by atoms with Crippen molar-refractivity contribution >= 4 is 17.7 Å². The first-order chi connectivity index (χ1) is 15.4. The van der Waals surface area contributed by atoms with E-state index < -0.39 is 11.9 Å². The van der Waals surface area contributed by atoms with E-state index in [-0.39, 0.29) is 5.78 Å². The molecule has 0 radical (unpaired) electrons. The minimum atomic E-state index is -0.426. The van der Waals surface area contributed by atoms with Gasteiger partial charge in [-0.15, -0.1) is 0 Å². The van der Waals surface area contributed by atoms with Crippen LogP contribution in [0, 0.1) is 0 Å². The van der Waals surface area contributed by atoms with Crippen molar-refractivity contribution in [2.45, 2.75) is 6.42 Å². The van der Waals surface area contributed by atoms with Crippen LogP contribution in [-0.2, 0) is 6.42 Å². The molecule has 3 amide bonds. The van der Waals surface area contributed by atoms with Crippen LogP contribution in [0.2, 0.25) is 0 Å². The highest BCUT2D eigenvalue weighted by Gasteiger charge is 2.22. The highest BCUT2D eigenvalue weighted by Crippen LogP contribution is 2.14. The smallest absolute Gasteiger partial charge is 0.326 e. The minimum absolute atomic E-state index is 0.118. The number of likely N-dealkylation sites (N-methyl/N-ethyl adjacent to an activating group) is 1. The van der Waals surface area contributed by atoms with Gasteiger partial charge in [-0.1, -0.05) is 54.6 Å². The van der Waals surface area contributed by atoms with Gasteiger partial charge in [0.25, 0.3) is 5.91 Å². The molecule has 0 aromatic heterocycles. The van der Waals surface area contributed by atoms with E-state index in [0.717, 1.165) is 16.2 Å². The van der Waals surface area contributed by atoms with Gasteiger partial charge in [0.05, 0.1) is 7.11 Å². The van der Waals surface area contributed by atoms with Crippen LogP contribution in [0.5, 0.6) is 5.75 Å². The van der Waals surface area contributed by atoms with Gasteiger partial charge in [0.15, 0.2) is 5.78 Å². The van der Waals surface area contributed by atoms with Gasteiger partial charge in [-0.25, -0.2) is 4.79 Å². The monoisotopic (exact) mass is 430 g/mol. The molecule has 0 aliphatic rings. The fraction of sp³-hybridized carbons (Fsp3) is 0.192. The molecule has 3 aromatic rings. The minimum Gasteiger partial charge on any atom is -0.497 e. The quantitative estimate of drug-likeness (QED) is 0.525. The van der Waals surface area contributed by atoms with Crippen LogP contribution in [0.15, 0.2) is 78.9 Å². The van der Waals surface area contributed by atoms with Crippen LogP contribution in [0.1, 0.15) is 31.8 Å². The predicted molar refractivity (Wildman–Crippen MR) is 123 cm³/mol. The molecule has 3 aromatic carbocycles. The molecule has 0 spiro atoms. The molecule has 0 unspecified atom stereocenters. The lowest BCUT2D eigenvalue weighted by Crippen LogP contribution is -2.43. The van der Waals surface area contributed by atoms with E-state index in [2.05, 4.69) is 0 Å². The number of nitrogens with zero attached hydrogens (tertiary/aromatic N) is 2. The second-order valence-electron chi connectivity index (χ2n) is 7.44. The van der Waals surface area contributed by atoms with E-state index in [1.54, 1.807) is 62.7 Å². The average Bonchev–Trinajstić information content (AvgIpc) is 2.86. The summed E-state index contributed by atoms with van der Waals surface area (Å²) in [6.45, 7) is 0.466. The molecular weight excluding hydrogens is 404 g/mol. The lowest BCUT2D eigenvalue weighted by molar-refractivity contribution is 0.0803. The van der Waals surface area contributed by atoms with Crippen molar-refractivity contribution in [2.75, 3.05) is 27.7 Å². The second kappa shape index (κ2) is 10.4. The van der Waals surface area contributed by atoms with Crippen LogP contribution in [0.3, 0.4) is 0 Å². The Morgan fingerprint density at radius 1 is 0.750 bits per heavy atom. The standard InChI is InChI=1S/C26H26N2O4/c1-27(18-17-19-9-15-23(32-3)16-10-19)26(31)28(2)25(30)22-13-11-21(12-14-22)24(29)20-7-5-4-6-8-20/h4-16H,17-18H2,1-3H3. The number of carbonyl (C=O) groups excluding carboxylic acids is 3. The number of hydrogen-bond acceptors (Lipinski definition) is 4. The Hall–Kier alpha value is -3.93. The highest BCUT2D eigenvalue weighted by atomic mass is 16.5. The van der Waals surface area contributed by atoms with E-state index >= 15 is 0 Å². The fourth-order valence-electron chi connectivity index (χ4n) is 3.24. The molecule has 32 heavy (non-hydrogen) atoms. The topological polar surface area (TPSA) is 66.9 Å². The first kappa shape index (κ1) is 22.7. The summed E-state index contributed by atoms with van der Waals surface area (Å²) >= 11 is 0. The zero-order valence-electron chi connectivity index (χ0n) is 18.4. The van der Waals surface area contributed by atoms with Gasteiger partial charge >= 0.3 is 6.03 Å². The number of ether oxygens (including phenoxy) is 1. The molecule has 0 heterocycles. The van der Waals surface area contributed by atoms with Gasteiger partial charge in [-0.05, 0) is 36.2 Å². The lowest BCUT2D eigenvalue weighted by Gasteiger charge is -2.23. The molecule has 6 nitrogen and oxygen atoms in total. The summed E-state index contributed by atoms with van der Waals surface area (Å²) in [7, 11) is 4.73. The van der Waals surface area contributed by atoms with Crippen molar-refractivity contribution in [3.05, 3.63) is 101 Å². The number of carbonyl (C=O) groups is 3. The molecule has 0 saturated heterocycles. The van der Waals surface area contributed by atoms with Crippen molar-refractivity contribution in [2.24, 2.45) is 0 Å². The molecule has 0 aliphatic carbocycles. The first-order valence-corrected chi connectivity index (χ1v) is 10.3. The van der Waals surface area contributed by atoms with Gasteiger partial charge in [-0.2, -0.15) is 0 Å². The van der Waals surface area contributed by atoms with Crippen molar-refractivity contribution in [1.29, 1.82) is 0 Å². The summed E-state index contributed by atoms with van der Waals surface area (Å²) in [5.74, 6) is 0.234. The third-order valence-electron chi connectivity index (χ3n) is 5.24. The van der Waals surface area contributed by atoms with E-state index in [1.165, 1.54) is 11.9 Å². The number of amides is 3. The zero-order valence-corrected chi connectivity index (χ0v) is 18.4. The van der Waals surface area contributed by atoms with Gasteiger partial charge in [0.1, 0.15) is 5.75 Å². The van der Waals surface area contributed by atoms with Crippen LogP contribution in [0.4, 0.5) is 4.79 Å². The Morgan fingerprint density at radius 3 is 1.91 bits per heavy atom. The Labute approximate surface area is 188 Å². The number of urea groups is 1. The third kappa shape index (κ3) is 5.40. The Kier molecular flexibility index (Phi) is 7.39. The molecule has 0 fully saturated rings. The molecule has 3 rings (SSSR count). The summed E-state index contributed by atoms with van der Waals surface area (Å²) in [5, 5.41) is 0. The molecule has 0 aliphatic heterocycles. The number of rotatable bonds is 7. The third-order valence-corrected chi connectivity index (χ3v) is 5.24. The maximum absolute atomic E-state index is 12.8.